The van der Waals surface area contributed by atoms with Crippen molar-refractivity contribution in [3.05, 3.63) is 24.3 Å². The molecular weight excluding hydrogens is 697 g/mol. The molecule has 1 unspecified atom stereocenters. The van der Waals surface area contributed by atoms with Crippen LogP contribution in [0.1, 0.15) is 194 Å². The summed E-state index contributed by atoms with van der Waals surface area (Å²) in [6.45, 7) is 6.61. The Hall–Kier alpha value is -1.47. The van der Waals surface area contributed by atoms with E-state index in [-0.39, 0.29) is 31.8 Å². The fourth-order valence-electron chi connectivity index (χ4n) is 6.04. The van der Waals surface area contributed by atoms with E-state index >= 15 is 0 Å². The van der Waals surface area contributed by atoms with Crippen LogP contribution < -0.4 is 0 Å². The van der Waals surface area contributed by atoms with Crippen molar-refractivity contribution in [3.63, 3.8) is 0 Å². The lowest BCUT2D eigenvalue weighted by molar-refractivity contribution is -0.870. The number of ether oxygens (including phenoxy) is 2. The summed E-state index contributed by atoms with van der Waals surface area (Å²) in [6.07, 6.45) is 40.1. The van der Waals surface area contributed by atoms with Crippen molar-refractivity contribution in [1.29, 1.82) is 0 Å². The molecule has 0 aliphatic carbocycles. The van der Waals surface area contributed by atoms with E-state index in [2.05, 4.69) is 38.2 Å². The first-order valence-corrected chi connectivity index (χ1v) is 24.3. The number of hydrogen-bond donors (Lipinski definition) is 0. The summed E-state index contributed by atoms with van der Waals surface area (Å²) in [7, 11) is 2.71. The summed E-state index contributed by atoms with van der Waals surface area (Å²) in [6, 6.07) is 0. The number of esters is 2. The molecule has 0 rings (SSSR count). The molecule has 0 fully saturated rings. The van der Waals surface area contributed by atoms with Crippen molar-refractivity contribution >= 4 is 19.5 Å². The molecule has 0 saturated heterocycles. The number of carbonyl (C=O) groups is 2. The molecule has 0 saturated carbocycles. The number of rotatable bonds is 40. The summed E-state index contributed by atoms with van der Waals surface area (Å²) in [4.78, 5) is 25.3. The minimum atomic E-state index is -3.37. The molecule has 0 aliphatic rings. The van der Waals surface area contributed by atoms with Crippen LogP contribution in [0.5, 0.6) is 0 Å². The largest absolute Gasteiger partial charge is 0.462 e. The topological polar surface area (TPSA) is 88.1 Å². The van der Waals surface area contributed by atoms with E-state index in [1.54, 1.807) is 0 Å². The third kappa shape index (κ3) is 40.2. The fraction of sp³-hybridized carbons (Fsp3) is 0.867. The Morgan fingerprint density at radius 2 is 0.926 bits per heavy atom. The number of hydrogen-bond acceptors (Lipinski definition) is 7. The second-order valence-corrected chi connectivity index (χ2v) is 18.4. The van der Waals surface area contributed by atoms with Gasteiger partial charge in [-0.1, -0.05) is 141 Å². The molecule has 0 aromatic rings. The normalized spacial score (nSPS) is 13.8. The molecule has 0 radical (unpaired) electrons. The Balaban J connectivity index is 4.38. The van der Waals surface area contributed by atoms with Gasteiger partial charge in [0.1, 0.15) is 19.8 Å². The molecule has 0 heterocycles. The van der Waals surface area contributed by atoms with Gasteiger partial charge in [-0.2, -0.15) is 0 Å². The molecule has 0 aromatic carbocycles. The minimum absolute atomic E-state index is 0.124. The zero-order chi connectivity index (χ0) is 40.0. The van der Waals surface area contributed by atoms with Crippen molar-refractivity contribution in [2.24, 2.45) is 0 Å². The van der Waals surface area contributed by atoms with Crippen molar-refractivity contribution in [3.8, 4) is 0 Å². The van der Waals surface area contributed by atoms with Crippen molar-refractivity contribution in [2.75, 3.05) is 54.2 Å². The maximum atomic E-state index is 12.9. The summed E-state index contributed by atoms with van der Waals surface area (Å²) in [5, 5.41) is 0. The highest BCUT2D eigenvalue weighted by Crippen LogP contribution is 2.43. The third-order valence-corrected chi connectivity index (χ3v) is 10.9. The highest BCUT2D eigenvalue weighted by atomic mass is 31.2. The van der Waals surface area contributed by atoms with Gasteiger partial charge in [0, 0.05) is 19.5 Å². The van der Waals surface area contributed by atoms with Crippen molar-refractivity contribution < 1.29 is 37.2 Å². The smallest absolute Gasteiger partial charge is 0.327 e. The second kappa shape index (κ2) is 37.1. The zero-order valence-electron chi connectivity index (χ0n) is 36.3. The standard InChI is InChI=1S/C45H87NO7P/c1-7-9-11-13-15-17-19-21-23-25-27-29-31-33-35-37-44(47)50-41-43(42-52-54(6,49)51-40-39-46(3,4)5)53-45(48)38-36-34-32-30-28-26-24-22-20-18-16-14-12-10-8-2/h21-24,43H,7-20,25-42H2,1-6H3/q+1/b23-21-,24-22-/t43-,54?/m1/s1. The molecule has 0 spiro atoms. The lowest BCUT2D eigenvalue weighted by Crippen LogP contribution is -2.37. The van der Waals surface area contributed by atoms with Crippen LogP contribution in [-0.2, 0) is 32.7 Å². The molecule has 0 aliphatic heterocycles. The van der Waals surface area contributed by atoms with E-state index in [0.717, 1.165) is 64.2 Å². The van der Waals surface area contributed by atoms with Gasteiger partial charge in [0.25, 0.3) is 0 Å². The summed E-state index contributed by atoms with van der Waals surface area (Å²) in [5.41, 5.74) is 0. The van der Waals surface area contributed by atoms with E-state index in [9.17, 15) is 14.2 Å². The van der Waals surface area contributed by atoms with Crippen LogP contribution in [0.25, 0.3) is 0 Å². The van der Waals surface area contributed by atoms with Gasteiger partial charge in [0.05, 0.1) is 27.7 Å². The van der Waals surface area contributed by atoms with E-state index in [1.165, 1.54) is 109 Å². The molecule has 0 amide bonds. The van der Waals surface area contributed by atoms with Gasteiger partial charge in [-0.3, -0.25) is 14.2 Å². The summed E-state index contributed by atoms with van der Waals surface area (Å²) < 4.78 is 35.9. The Morgan fingerprint density at radius 1 is 0.537 bits per heavy atom. The van der Waals surface area contributed by atoms with E-state index < -0.39 is 13.7 Å². The van der Waals surface area contributed by atoms with Crippen molar-refractivity contribution in [1.82, 2.24) is 0 Å². The second-order valence-electron chi connectivity index (χ2n) is 16.4. The van der Waals surface area contributed by atoms with Gasteiger partial charge in [-0.25, -0.2) is 0 Å². The van der Waals surface area contributed by atoms with Gasteiger partial charge in [-0.05, 0) is 64.2 Å². The molecule has 9 heteroatoms. The van der Waals surface area contributed by atoms with Crippen LogP contribution >= 0.6 is 7.60 Å². The lowest BCUT2D eigenvalue weighted by atomic mass is 10.1. The highest BCUT2D eigenvalue weighted by molar-refractivity contribution is 7.52. The van der Waals surface area contributed by atoms with Gasteiger partial charge < -0.3 is 23.0 Å². The van der Waals surface area contributed by atoms with Gasteiger partial charge in [0.2, 0.25) is 0 Å². The van der Waals surface area contributed by atoms with E-state index in [1.807, 2.05) is 21.1 Å². The SMILES string of the molecule is CCCCCCCC/C=C\CCCCCCCC(=O)OC[C@H](COP(C)(=O)OCC[N+](C)(C)C)OC(=O)CCCCCCC/C=C\CCCCCCCC. The van der Waals surface area contributed by atoms with Crippen molar-refractivity contribution in [2.45, 2.75) is 200 Å². The van der Waals surface area contributed by atoms with Crippen LogP contribution in [0.15, 0.2) is 24.3 Å². The predicted octanol–water partition coefficient (Wildman–Crippen LogP) is 13.1. The number of unbranched alkanes of at least 4 members (excludes halogenated alkanes) is 22. The predicted molar refractivity (Wildman–Crippen MR) is 228 cm³/mol. The van der Waals surface area contributed by atoms with Crippen LogP contribution in [0.3, 0.4) is 0 Å². The maximum absolute atomic E-state index is 12.9. The number of nitrogens with zero attached hydrogens (tertiary/aromatic N) is 1. The summed E-state index contributed by atoms with van der Waals surface area (Å²) in [5.74, 6) is -0.670. The Morgan fingerprint density at radius 3 is 1.35 bits per heavy atom. The number of likely N-dealkylation sites (N-methyl/N-ethyl adjacent to an activating group) is 1. The molecule has 2 atom stereocenters. The van der Waals surface area contributed by atoms with Gasteiger partial charge >= 0.3 is 19.5 Å². The minimum Gasteiger partial charge on any atom is -0.462 e. The fourth-order valence-corrected chi connectivity index (χ4v) is 6.96. The molecule has 0 bridgehead atoms. The lowest BCUT2D eigenvalue weighted by Gasteiger charge is -2.25. The average Bonchev–Trinajstić information content (AvgIpc) is 3.12. The van der Waals surface area contributed by atoms with E-state index in [0.29, 0.717) is 23.9 Å². The Labute approximate surface area is 334 Å². The summed E-state index contributed by atoms with van der Waals surface area (Å²) >= 11 is 0. The van der Waals surface area contributed by atoms with Crippen LogP contribution in [0, 0.1) is 0 Å². The van der Waals surface area contributed by atoms with Gasteiger partial charge in [0.15, 0.2) is 6.10 Å². The quantitative estimate of drug-likeness (QED) is 0.0201. The number of quaternary nitrogens is 1. The zero-order valence-corrected chi connectivity index (χ0v) is 37.2. The van der Waals surface area contributed by atoms with Crippen LogP contribution in [0.4, 0.5) is 0 Å². The average molecular weight is 785 g/mol. The molecule has 0 N–H and O–H groups in total. The van der Waals surface area contributed by atoms with Crippen LogP contribution in [-0.4, -0.2) is 76.7 Å². The molecular formula is C45H87NO7P+. The molecule has 0 aromatic heterocycles. The monoisotopic (exact) mass is 785 g/mol. The van der Waals surface area contributed by atoms with Crippen LogP contribution in [0.2, 0.25) is 0 Å². The molecule has 318 valence electrons. The first-order chi connectivity index (χ1) is 26.0. The first-order valence-electron chi connectivity index (χ1n) is 22.3. The number of allylic oxidation sites excluding steroid dienone is 4. The van der Waals surface area contributed by atoms with E-state index in [4.69, 9.17) is 18.5 Å². The first kappa shape index (κ1) is 52.5. The third-order valence-electron chi connectivity index (χ3n) is 9.60. The van der Waals surface area contributed by atoms with Gasteiger partial charge in [-0.15, -0.1) is 0 Å². The highest BCUT2D eigenvalue weighted by Gasteiger charge is 2.24. The Kier molecular flexibility index (Phi) is 36.1. The molecule has 8 nitrogen and oxygen atoms in total. The maximum Gasteiger partial charge on any atom is 0.327 e. The Bertz CT molecular complexity index is 978. The molecule has 54 heavy (non-hydrogen) atoms. The number of carbonyl (C=O) groups excluding carboxylic acids is 2.